The highest BCUT2D eigenvalue weighted by Gasteiger charge is 1.93. The van der Waals surface area contributed by atoms with E-state index in [9.17, 15) is 4.79 Å². The molecule has 1 rings (SSSR count). The number of ether oxygens (including phenoxy) is 1. The molecule has 1 aromatic heterocycles. The van der Waals surface area contributed by atoms with E-state index in [-0.39, 0.29) is 24.6 Å². The molecule has 0 radical (unpaired) electrons. The van der Waals surface area contributed by atoms with Gasteiger partial charge in [-0.05, 0) is 0 Å². The summed E-state index contributed by atoms with van der Waals surface area (Å²) in [4.78, 5) is 22.7. The number of aromatic nitrogens is 3. The van der Waals surface area contributed by atoms with Crippen LogP contribution in [0.2, 0.25) is 0 Å². The van der Waals surface area contributed by atoms with Crippen LogP contribution in [0.5, 0.6) is 0 Å². The highest BCUT2D eigenvalue weighted by atomic mass is 16.5. The third-order valence-electron chi connectivity index (χ3n) is 0.945. The summed E-state index contributed by atoms with van der Waals surface area (Å²) in [6.45, 7) is 0.115. The van der Waals surface area contributed by atoms with Crippen molar-refractivity contribution in [2.75, 3.05) is 31.0 Å². The summed E-state index contributed by atoms with van der Waals surface area (Å²) in [5.41, 5.74) is 15.4. The summed E-state index contributed by atoms with van der Waals surface area (Å²) in [7, 11) is 1.46. The molecule has 15 heavy (non-hydrogen) atoms. The first kappa shape index (κ1) is 12.8. The lowest BCUT2D eigenvalue weighted by Crippen LogP contribution is -2.05. The Bertz CT molecular complexity index is 299. The van der Waals surface area contributed by atoms with Crippen molar-refractivity contribution in [1.29, 1.82) is 0 Å². The third kappa shape index (κ3) is 6.87. The Labute approximate surface area is 85.4 Å². The van der Waals surface area contributed by atoms with Gasteiger partial charge in [-0.3, -0.25) is 0 Å². The molecule has 0 saturated heterocycles. The minimum Gasteiger partial charge on any atom is -0.368 e. The fourth-order valence-corrected chi connectivity index (χ4v) is 0.518. The molecule has 9 heteroatoms. The van der Waals surface area contributed by atoms with Crippen LogP contribution in [0.1, 0.15) is 0 Å². The Balaban J connectivity index is 0.000000288. The van der Waals surface area contributed by atoms with Crippen molar-refractivity contribution >= 4 is 23.9 Å². The molecule has 9 nitrogen and oxygen atoms in total. The quantitative estimate of drug-likeness (QED) is 0.397. The number of aliphatic imine (C=N–C) groups is 1. The average Bonchev–Trinajstić information content (AvgIpc) is 2.13. The number of methoxy groups -OCH3 is 1. The van der Waals surface area contributed by atoms with Crippen molar-refractivity contribution in [3.05, 3.63) is 0 Å². The third-order valence-corrected chi connectivity index (χ3v) is 0.945. The Morgan fingerprint density at radius 2 is 1.60 bits per heavy atom. The van der Waals surface area contributed by atoms with Gasteiger partial charge in [0.15, 0.2) is 0 Å². The van der Waals surface area contributed by atoms with Crippen LogP contribution in [0.4, 0.5) is 17.8 Å². The van der Waals surface area contributed by atoms with Crippen LogP contribution < -0.4 is 17.2 Å². The van der Waals surface area contributed by atoms with Gasteiger partial charge in [-0.1, -0.05) is 0 Å². The minimum absolute atomic E-state index is 0.0417. The molecule has 0 unspecified atom stereocenters. The van der Waals surface area contributed by atoms with Crippen LogP contribution in [-0.2, 0) is 9.53 Å². The smallest absolute Gasteiger partial charge is 0.237 e. The molecule has 0 atom stereocenters. The molecular formula is C6H11N7O2. The molecule has 0 aliphatic carbocycles. The molecule has 0 aliphatic heterocycles. The highest BCUT2D eigenvalue weighted by molar-refractivity contribution is 5.33. The van der Waals surface area contributed by atoms with E-state index in [1.165, 1.54) is 13.2 Å². The van der Waals surface area contributed by atoms with Crippen molar-refractivity contribution in [2.24, 2.45) is 4.99 Å². The number of anilines is 3. The number of nitrogen functional groups attached to an aromatic ring is 3. The highest BCUT2D eigenvalue weighted by Crippen LogP contribution is 1.97. The van der Waals surface area contributed by atoms with Crippen LogP contribution in [-0.4, -0.2) is 34.9 Å². The van der Waals surface area contributed by atoms with Gasteiger partial charge in [0.25, 0.3) is 0 Å². The number of hydrogen-bond donors (Lipinski definition) is 3. The predicted molar refractivity (Wildman–Crippen MR) is 53.1 cm³/mol. The van der Waals surface area contributed by atoms with E-state index in [0.29, 0.717) is 0 Å². The summed E-state index contributed by atoms with van der Waals surface area (Å²) >= 11 is 0. The van der Waals surface area contributed by atoms with Gasteiger partial charge in [0.2, 0.25) is 23.9 Å². The Morgan fingerprint density at radius 3 is 1.80 bits per heavy atom. The van der Waals surface area contributed by atoms with Crippen LogP contribution in [0, 0.1) is 0 Å². The first-order valence-electron chi connectivity index (χ1n) is 3.65. The Morgan fingerprint density at radius 1 is 1.20 bits per heavy atom. The van der Waals surface area contributed by atoms with Gasteiger partial charge in [-0.15, -0.1) is 0 Å². The molecular weight excluding hydrogens is 202 g/mol. The number of carbonyl (C=O) groups excluding carboxylic acids is 1. The lowest BCUT2D eigenvalue weighted by molar-refractivity contribution is 0.208. The van der Waals surface area contributed by atoms with Gasteiger partial charge in [0.1, 0.15) is 6.73 Å². The second-order valence-electron chi connectivity index (χ2n) is 2.08. The molecule has 0 saturated carbocycles. The molecule has 0 spiro atoms. The normalized spacial score (nSPS) is 8.33. The van der Waals surface area contributed by atoms with E-state index < -0.39 is 0 Å². The van der Waals surface area contributed by atoms with Gasteiger partial charge in [-0.25, -0.2) is 4.79 Å². The molecule has 0 bridgehead atoms. The summed E-state index contributed by atoms with van der Waals surface area (Å²) in [5.74, 6) is 0.125. The fraction of sp³-hybridized carbons (Fsp3) is 0.333. The first-order valence-corrected chi connectivity index (χ1v) is 3.65. The number of hydrogen-bond acceptors (Lipinski definition) is 9. The fourth-order valence-electron chi connectivity index (χ4n) is 0.518. The number of rotatable bonds is 2. The predicted octanol–water partition coefficient (Wildman–Crippen LogP) is -1.46. The van der Waals surface area contributed by atoms with Crippen molar-refractivity contribution < 1.29 is 9.53 Å². The van der Waals surface area contributed by atoms with E-state index in [0.717, 1.165) is 0 Å². The van der Waals surface area contributed by atoms with Crippen molar-refractivity contribution in [3.8, 4) is 0 Å². The number of nitrogens with zero attached hydrogens (tertiary/aromatic N) is 4. The van der Waals surface area contributed by atoms with Crippen LogP contribution in [0.15, 0.2) is 4.99 Å². The van der Waals surface area contributed by atoms with Crippen molar-refractivity contribution in [3.63, 3.8) is 0 Å². The minimum atomic E-state index is 0.0417. The van der Waals surface area contributed by atoms with Gasteiger partial charge in [-0.2, -0.15) is 19.9 Å². The molecule has 0 aliphatic rings. The lowest BCUT2D eigenvalue weighted by atomic mass is 10.9. The van der Waals surface area contributed by atoms with Crippen molar-refractivity contribution in [2.45, 2.75) is 0 Å². The molecule has 1 heterocycles. The summed E-state index contributed by atoms with van der Waals surface area (Å²) in [6.07, 6.45) is 1.32. The average molecular weight is 213 g/mol. The van der Waals surface area contributed by atoms with Crippen LogP contribution in [0.3, 0.4) is 0 Å². The van der Waals surface area contributed by atoms with E-state index in [1.807, 2.05) is 0 Å². The second kappa shape index (κ2) is 7.18. The number of nitrogens with two attached hydrogens (primary N) is 3. The van der Waals surface area contributed by atoms with Gasteiger partial charge in [0.05, 0.1) is 0 Å². The number of isocyanates is 1. The maximum Gasteiger partial charge on any atom is 0.237 e. The first-order chi connectivity index (χ1) is 7.10. The molecule has 0 amide bonds. The topological polar surface area (TPSA) is 155 Å². The summed E-state index contributed by atoms with van der Waals surface area (Å²) < 4.78 is 4.35. The standard InChI is InChI=1S/C3H6N6.C3H5NO2/c4-1-7-2(5)9-3(6)8-1;1-6-3-4-2-5/h(H6,4,5,6,7,8,9);3H2,1H3. The summed E-state index contributed by atoms with van der Waals surface area (Å²) in [5, 5.41) is 0. The van der Waals surface area contributed by atoms with E-state index in [2.05, 4.69) is 24.7 Å². The second-order valence-corrected chi connectivity index (χ2v) is 2.08. The van der Waals surface area contributed by atoms with E-state index >= 15 is 0 Å². The monoisotopic (exact) mass is 213 g/mol. The molecule has 6 N–H and O–H groups in total. The van der Waals surface area contributed by atoms with E-state index in [1.54, 1.807) is 0 Å². The Kier molecular flexibility index (Phi) is 6.10. The molecule has 1 aromatic rings. The van der Waals surface area contributed by atoms with Gasteiger partial charge < -0.3 is 21.9 Å². The zero-order valence-corrected chi connectivity index (χ0v) is 8.04. The maximum atomic E-state index is 9.19. The SMILES string of the molecule is COCN=C=O.Nc1nc(N)nc(N)n1. The van der Waals surface area contributed by atoms with Crippen LogP contribution >= 0.6 is 0 Å². The van der Waals surface area contributed by atoms with E-state index in [4.69, 9.17) is 17.2 Å². The van der Waals surface area contributed by atoms with Gasteiger partial charge >= 0.3 is 0 Å². The van der Waals surface area contributed by atoms with Crippen molar-refractivity contribution in [1.82, 2.24) is 15.0 Å². The lowest BCUT2D eigenvalue weighted by Gasteiger charge is -1.93. The maximum absolute atomic E-state index is 9.19. The zero-order chi connectivity index (χ0) is 11.7. The summed E-state index contributed by atoms with van der Waals surface area (Å²) in [6, 6.07) is 0. The molecule has 0 aromatic carbocycles. The zero-order valence-electron chi connectivity index (χ0n) is 8.04. The largest absolute Gasteiger partial charge is 0.368 e. The van der Waals surface area contributed by atoms with Gasteiger partial charge in [0, 0.05) is 7.11 Å². The van der Waals surface area contributed by atoms with Crippen LogP contribution in [0.25, 0.3) is 0 Å². The molecule has 82 valence electrons. The molecule has 0 fully saturated rings. The Hall–Kier alpha value is -2.25.